The fourth-order valence-electron chi connectivity index (χ4n) is 9.55. The van der Waals surface area contributed by atoms with Gasteiger partial charge < -0.3 is 28.5 Å². The Kier molecular flexibility index (Phi) is 63.8. The van der Waals surface area contributed by atoms with Crippen molar-refractivity contribution in [2.24, 2.45) is 0 Å². The normalized spacial score (nSPS) is 13.5. The van der Waals surface area contributed by atoms with E-state index in [1.807, 2.05) is 21.1 Å². The summed E-state index contributed by atoms with van der Waals surface area (Å²) in [4.78, 5) is 37.6. The zero-order valence-corrected chi connectivity index (χ0v) is 56.6. The molecule has 87 heavy (non-hydrogen) atoms. The number of hydrogen-bond acceptors (Lipinski definition) is 7. The molecule has 9 nitrogen and oxygen atoms in total. The van der Waals surface area contributed by atoms with Crippen LogP contribution in [-0.4, -0.2) is 87.4 Å². The number of aliphatic carboxylic acids is 1. The zero-order chi connectivity index (χ0) is 63.3. The smallest absolute Gasteiger partial charge is 0.361 e. The highest BCUT2D eigenvalue weighted by Crippen LogP contribution is 2.17. The zero-order valence-electron chi connectivity index (χ0n) is 56.6. The number of allylic oxidation sites excluding steroid dienone is 22. The summed E-state index contributed by atoms with van der Waals surface area (Å²) in [6.45, 7) is 4.76. The standard InChI is InChI=1S/C78H131NO8/c1-6-8-10-12-14-16-18-20-22-24-26-28-30-31-32-33-34-35-36-37-38-39-40-41-42-43-44-45-47-49-51-53-55-57-59-61-63-65-67-69-76(81)87-74(73-86-78(77(82)83)84-71-70-79(3,4)5)72-85-75(80)68-66-64-62-60-58-56-54-52-50-48-46-29-27-25-23-21-19-17-15-13-11-9-7-2/h8,10,14,16,20,22,26,28,31-32,34-35,37-38,40-41,43-44,47,49,53,55,74,78H,6-7,9,11-13,15,17-19,21,23-25,27,29-30,33,36,39,42,45-46,48,50-52,54,56-73H2,1-5H3/p+1/b10-8-,16-14-,22-20-,28-26-,32-31-,35-34-,38-37-,41-40-,44-43-,49-47-,55-53-. The maximum Gasteiger partial charge on any atom is 0.361 e. The summed E-state index contributed by atoms with van der Waals surface area (Å²) in [5, 5.41) is 9.74. The second kappa shape index (κ2) is 67.4. The van der Waals surface area contributed by atoms with Crippen LogP contribution in [0.25, 0.3) is 0 Å². The van der Waals surface area contributed by atoms with Crippen molar-refractivity contribution in [3.05, 3.63) is 134 Å². The van der Waals surface area contributed by atoms with Crippen LogP contribution >= 0.6 is 0 Å². The Hall–Kier alpha value is -4.57. The summed E-state index contributed by atoms with van der Waals surface area (Å²) < 4.78 is 22.9. The van der Waals surface area contributed by atoms with Crippen molar-refractivity contribution >= 4 is 17.9 Å². The van der Waals surface area contributed by atoms with Crippen LogP contribution < -0.4 is 0 Å². The van der Waals surface area contributed by atoms with Gasteiger partial charge in [0.25, 0.3) is 6.29 Å². The molecule has 0 saturated heterocycles. The van der Waals surface area contributed by atoms with Gasteiger partial charge in [0.1, 0.15) is 13.2 Å². The van der Waals surface area contributed by atoms with Gasteiger partial charge in [0.05, 0.1) is 34.4 Å². The Labute approximate surface area is 535 Å². The number of quaternary nitrogens is 1. The molecule has 0 spiro atoms. The number of carboxylic acid groups (broad SMARTS) is 1. The van der Waals surface area contributed by atoms with Crippen LogP contribution in [0.3, 0.4) is 0 Å². The fourth-order valence-corrected chi connectivity index (χ4v) is 9.55. The Morgan fingerprint density at radius 3 is 0.977 bits per heavy atom. The molecule has 0 radical (unpaired) electrons. The Balaban J connectivity index is 4.21. The highest BCUT2D eigenvalue weighted by molar-refractivity contribution is 5.71. The molecule has 0 heterocycles. The molecule has 2 unspecified atom stereocenters. The molecule has 0 aromatic carbocycles. The SMILES string of the molecule is CC/C=C\C/C=C\C/C=C\C/C=C\C/C=C\C/C=C\C/C=C\C/C=C\C/C=C\C/C=C\C/C=C\CCCCCCCC(=O)OC(COC(=O)CCCCCCCCCCCCCCCCCCCCCCCCC)COC(OCC[N+](C)(C)C)C(=O)O. The minimum Gasteiger partial charge on any atom is -0.477 e. The Morgan fingerprint density at radius 1 is 0.356 bits per heavy atom. The van der Waals surface area contributed by atoms with Gasteiger partial charge in [-0.3, -0.25) is 9.59 Å². The van der Waals surface area contributed by atoms with Crippen molar-refractivity contribution in [3.63, 3.8) is 0 Å². The molecule has 0 aliphatic heterocycles. The average Bonchev–Trinajstić information content (AvgIpc) is 3.55. The quantitative estimate of drug-likeness (QED) is 0.0211. The highest BCUT2D eigenvalue weighted by atomic mass is 16.7. The molecule has 0 amide bonds. The molecule has 1 N–H and O–H groups in total. The van der Waals surface area contributed by atoms with Gasteiger partial charge >= 0.3 is 17.9 Å². The number of carbonyl (C=O) groups is 3. The maximum absolute atomic E-state index is 12.9. The maximum atomic E-state index is 12.9. The second-order valence-electron chi connectivity index (χ2n) is 24.5. The number of carboxylic acids is 1. The van der Waals surface area contributed by atoms with Gasteiger partial charge in [-0.05, 0) is 96.3 Å². The molecule has 0 aliphatic carbocycles. The number of carbonyl (C=O) groups excluding carboxylic acids is 2. The van der Waals surface area contributed by atoms with Gasteiger partial charge in [-0.25, -0.2) is 4.79 Å². The summed E-state index contributed by atoms with van der Waals surface area (Å²) in [6, 6.07) is 0. The predicted molar refractivity (Wildman–Crippen MR) is 373 cm³/mol. The van der Waals surface area contributed by atoms with Crippen molar-refractivity contribution in [3.8, 4) is 0 Å². The molecule has 496 valence electrons. The Bertz CT molecular complexity index is 1890. The van der Waals surface area contributed by atoms with E-state index in [9.17, 15) is 19.5 Å². The number of likely N-dealkylation sites (N-methyl/N-ethyl adjacent to an activating group) is 1. The van der Waals surface area contributed by atoms with E-state index in [0.717, 1.165) is 122 Å². The third-order valence-corrected chi connectivity index (χ3v) is 14.9. The van der Waals surface area contributed by atoms with E-state index in [1.165, 1.54) is 128 Å². The second-order valence-corrected chi connectivity index (χ2v) is 24.5. The summed E-state index contributed by atoms with van der Waals surface area (Å²) in [5.74, 6) is -2.03. The van der Waals surface area contributed by atoms with Gasteiger partial charge in [-0.2, -0.15) is 0 Å². The summed E-state index contributed by atoms with van der Waals surface area (Å²) in [5.41, 5.74) is 0. The van der Waals surface area contributed by atoms with E-state index < -0.39 is 24.3 Å². The largest absolute Gasteiger partial charge is 0.477 e. The first kappa shape index (κ1) is 82.4. The average molecular weight is 1210 g/mol. The van der Waals surface area contributed by atoms with Crippen LogP contribution in [0, 0.1) is 0 Å². The van der Waals surface area contributed by atoms with Crippen LogP contribution in [0.5, 0.6) is 0 Å². The van der Waals surface area contributed by atoms with Crippen LogP contribution in [0.4, 0.5) is 0 Å². The van der Waals surface area contributed by atoms with E-state index in [0.29, 0.717) is 23.9 Å². The first-order valence-electron chi connectivity index (χ1n) is 35.3. The molecule has 0 aliphatic rings. The van der Waals surface area contributed by atoms with Gasteiger partial charge in [0, 0.05) is 12.8 Å². The molecule has 2 atom stereocenters. The number of hydrogen-bond donors (Lipinski definition) is 1. The molecule has 0 aromatic rings. The minimum absolute atomic E-state index is 0.178. The summed E-state index contributed by atoms with van der Waals surface area (Å²) in [7, 11) is 5.97. The molecule has 0 bridgehead atoms. The fraction of sp³-hybridized carbons (Fsp3) is 0.679. The van der Waals surface area contributed by atoms with Gasteiger partial charge in [0.2, 0.25) is 0 Å². The number of unbranched alkanes of at least 4 members (excludes halogenated alkanes) is 27. The van der Waals surface area contributed by atoms with Crippen LogP contribution in [-0.2, 0) is 33.3 Å². The van der Waals surface area contributed by atoms with Crippen LogP contribution in [0.15, 0.2) is 134 Å². The van der Waals surface area contributed by atoms with Crippen molar-refractivity contribution < 1.29 is 42.9 Å². The minimum atomic E-state index is -1.52. The lowest BCUT2D eigenvalue weighted by Gasteiger charge is -2.25. The lowest BCUT2D eigenvalue weighted by Crippen LogP contribution is -2.40. The first-order valence-corrected chi connectivity index (χ1v) is 35.3. The van der Waals surface area contributed by atoms with Crippen molar-refractivity contribution in [2.45, 2.75) is 296 Å². The van der Waals surface area contributed by atoms with E-state index in [1.54, 1.807) is 0 Å². The molecule has 0 aromatic heterocycles. The van der Waals surface area contributed by atoms with E-state index in [-0.39, 0.29) is 32.2 Å². The molecule has 0 saturated carbocycles. The molecular formula is C78H132NO8+. The third kappa shape index (κ3) is 68.8. The topological polar surface area (TPSA) is 108 Å². The molecule has 0 fully saturated rings. The van der Waals surface area contributed by atoms with E-state index in [4.69, 9.17) is 18.9 Å². The lowest BCUT2D eigenvalue weighted by atomic mass is 10.0. The van der Waals surface area contributed by atoms with Gasteiger partial charge in [0.15, 0.2) is 6.10 Å². The Morgan fingerprint density at radius 2 is 0.655 bits per heavy atom. The van der Waals surface area contributed by atoms with Gasteiger partial charge in [-0.1, -0.05) is 308 Å². The lowest BCUT2D eigenvalue weighted by molar-refractivity contribution is -0.870. The van der Waals surface area contributed by atoms with E-state index in [2.05, 4.69) is 148 Å². The van der Waals surface area contributed by atoms with Crippen LogP contribution in [0.1, 0.15) is 284 Å². The predicted octanol–water partition coefficient (Wildman–Crippen LogP) is 22.1. The van der Waals surface area contributed by atoms with Gasteiger partial charge in [-0.15, -0.1) is 0 Å². The number of esters is 2. The first-order chi connectivity index (χ1) is 42.6. The summed E-state index contributed by atoms with van der Waals surface area (Å²) >= 11 is 0. The number of rotatable bonds is 64. The monoisotopic (exact) mass is 1210 g/mol. The van der Waals surface area contributed by atoms with Crippen molar-refractivity contribution in [2.75, 3.05) is 47.5 Å². The number of nitrogens with zero attached hydrogens (tertiary/aromatic N) is 1. The van der Waals surface area contributed by atoms with Crippen molar-refractivity contribution in [1.29, 1.82) is 0 Å². The van der Waals surface area contributed by atoms with Crippen molar-refractivity contribution in [1.82, 2.24) is 0 Å². The summed E-state index contributed by atoms with van der Waals surface area (Å²) in [6.07, 6.45) is 94.2. The molecular weight excluding hydrogens is 1080 g/mol. The third-order valence-electron chi connectivity index (χ3n) is 14.9. The molecule has 0 rings (SSSR count). The van der Waals surface area contributed by atoms with Crippen LogP contribution in [0.2, 0.25) is 0 Å². The highest BCUT2D eigenvalue weighted by Gasteiger charge is 2.25. The number of ether oxygens (including phenoxy) is 4. The van der Waals surface area contributed by atoms with E-state index >= 15 is 0 Å². The molecule has 9 heteroatoms.